The summed E-state index contributed by atoms with van der Waals surface area (Å²) in [5.41, 5.74) is 7.79. The smallest absolute Gasteiger partial charge is 0.317 e. The lowest BCUT2D eigenvalue weighted by Gasteiger charge is -2.39. The van der Waals surface area contributed by atoms with E-state index in [1.807, 2.05) is 6.07 Å². The second-order valence-electron chi connectivity index (χ2n) is 7.20. The number of primary amides is 1. The molecule has 136 valence electrons. The minimum Gasteiger partial charge on any atom is -0.381 e. The first-order valence-corrected chi connectivity index (χ1v) is 8.98. The molecule has 3 amide bonds. The molecule has 2 aliphatic heterocycles. The highest BCUT2D eigenvalue weighted by Gasteiger charge is 2.37. The van der Waals surface area contributed by atoms with Gasteiger partial charge >= 0.3 is 6.03 Å². The number of urea groups is 1. The van der Waals surface area contributed by atoms with Crippen LogP contribution in [0.15, 0.2) is 24.3 Å². The highest BCUT2D eigenvalue weighted by Crippen LogP contribution is 2.36. The lowest BCUT2D eigenvalue weighted by molar-refractivity contribution is -0.121. The largest absolute Gasteiger partial charge is 0.381 e. The van der Waals surface area contributed by atoms with Gasteiger partial charge in [-0.2, -0.15) is 0 Å². The van der Waals surface area contributed by atoms with Gasteiger partial charge in [0.05, 0.1) is 5.92 Å². The Kier molecular flexibility index (Phi) is 5.27. The Morgan fingerprint density at radius 1 is 1.32 bits per heavy atom. The lowest BCUT2D eigenvalue weighted by Crippen LogP contribution is -2.48. The van der Waals surface area contributed by atoms with E-state index in [4.69, 9.17) is 10.5 Å². The van der Waals surface area contributed by atoms with Crippen molar-refractivity contribution in [1.82, 2.24) is 10.2 Å². The zero-order valence-corrected chi connectivity index (χ0v) is 14.8. The third kappa shape index (κ3) is 3.79. The molecular weight excluding hydrogens is 318 g/mol. The quantitative estimate of drug-likeness (QED) is 0.868. The molecule has 2 saturated heterocycles. The summed E-state index contributed by atoms with van der Waals surface area (Å²) in [5.74, 6) is -0.546. The topological polar surface area (TPSA) is 84.7 Å². The number of hydrogen-bond acceptors (Lipinski definition) is 3. The standard InChI is InChI=1S/C19H27N3O3/c1-14-4-2-3-5-16(14)19(7-10-25-11-8-19)13-21-18(24)22-9-6-15(12-22)17(20)23/h2-5,15H,6-13H2,1H3,(H2,20,23)(H,21,24). The molecule has 25 heavy (non-hydrogen) atoms. The Morgan fingerprint density at radius 2 is 2.04 bits per heavy atom. The van der Waals surface area contributed by atoms with Gasteiger partial charge in [-0.1, -0.05) is 24.3 Å². The number of nitrogens with two attached hydrogens (primary N) is 1. The van der Waals surface area contributed by atoms with Crippen molar-refractivity contribution in [1.29, 1.82) is 0 Å². The molecule has 1 aromatic carbocycles. The third-order valence-electron chi connectivity index (χ3n) is 5.62. The van der Waals surface area contributed by atoms with Gasteiger partial charge in [0.15, 0.2) is 0 Å². The number of carbonyl (C=O) groups excluding carboxylic acids is 2. The summed E-state index contributed by atoms with van der Waals surface area (Å²) in [6.45, 7) is 5.11. The van der Waals surface area contributed by atoms with Crippen molar-refractivity contribution in [3.63, 3.8) is 0 Å². The van der Waals surface area contributed by atoms with E-state index in [9.17, 15) is 9.59 Å². The van der Waals surface area contributed by atoms with Gasteiger partial charge in [-0.15, -0.1) is 0 Å². The molecule has 0 bridgehead atoms. The molecule has 3 N–H and O–H groups in total. The van der Waals surface area contributed by atoms with Crippen molar-refractivity contribution in [3.8, 4) is 0 Å². The Bertz CT molecular complexity index is 641. The number of aryl methyl sites for hydroxylation is 1. The van der Waals surface area contributed by atoms with Crippen LogP contribution in [0, 0.1) is 12.8 Å². The summed E-state index contributed by atoms with van der Waals surface area (Å²) in [6.07, 6.45) is 2.43. The van der Waals surface area contributed by atoms with Crippen molar-refractivity contribution in [2.45, 2.75) is 31.6 Å². The van der Waals surface area contributed by atoms with E-state index < -0.39 is 0 Å². The number of amides is 3. The van der Waals surface area contributed by atoms with Crippen LogP contribution in [0.3, 0.4) is 0 Å². The molecule has 6 heteroatoms. The number of nitrogens with one attached hydrogen (secondary N) is 1. The zero-order valence-electron chi connectivity index (χ0n) is 14.8. The molecule has 1 atom stereocenters. The number of likely N-dealkylation sites (tertiary alicyclic amines) is 1. The molecule has 0 radical (unpaired) electrons. The number of rotatable bonds is 4. The predicted octanol–water partition coefficient (Wildman–Crippen LogP) is 1.56. The molecule has 1 unspecified atom stereocenters. The fourth-order valence-corrected chi connectivity index (χ4v) is 4.00. The van der Waals surface area contributed by atoms with Crippen molar-refractivity contribution < 1.29 is 14.3 Å². The van der Waals surface area contributed by atoms with Crippen LogP contribution in [0.2, 0.25) is 0 Å². The van der Waals surface area contributed by atoms with Crippen LogP contribution < -0.4 is 11.1 Å². The van der Waals surface area contributed by atoms with E-state index in [-0.39, 0.29) is 23.3 Å². The Morgan fingerprint density at radius 3 is 2.68 bits per heavy atom. The van der Waals surface area contributed by atoms with Crippen molar-refractivity contribution >= 4 is 11.9 Å². The molecule has 2 heterocycles. The maximum absolute atomic E-state index is 12.5. The fraction of sp³-hybridized carbons (Fsp3) is 0.579. The average Bonchev–Trinajstić information content (AvgIpc) is 3.11. The molecule has 0 aromatic heterocycles. The van der Waals surface area contributed by atoms with Gasteiger partial charge in [0.25, 0.3) is 0 Å². The van der Waals surface area contributed by atoms with Crippen molar-refractivity contribution in [3.05, 3.63) is 35.4 Å². The van der Waals surface area contributed by atoms with Crippen LogP contribution in [0.1, 0.15) is 30.4 Å². The lowest BCUT2D eigenvalue weighted by atomic mass is 9.72. The van der Waals surface area contributed by atoms with Gasteiger partial charge < -0.3 is 20.7 Å². The summed E-state index contributed by atoms with van der Waals surface area (Å²) in [4.78, 5) is 25.5. The summed E-state index contributed by atoms with van der Waals surface area (Å²) in [6, 6.07) is 8.26. The van der Waals surface area contributed by atoms with Gasteiger partial charge in [0, 0.05) is 38.3 Å². The summed E-state index contributed by atoms with van der Waals surface area (Å²) in [7, 11) is 0. The third-order valence-corrected chi connectivity index (χ3v) is 5.62. The molecule has 6 nitrogen and oxygen atoms in total. The number of carbonyl (C=O) groups is 2. The highest BCUT2D eigenvalue weighted by molar-refractivity contribution is 5.80. The molecular formula is C19H27N3O3. The van der Waals surface area contributed by atoms with Gasteiger partial charge in [-0.05, 0) is 37.3 Å². The SMILES string of the molecule is Cc1ccccc1C1(CNC(=O)N2CCC(C(N)=O)C2)CCOCC1. The van der Waals surface area contributed by atoms with E-state index in [1.54, 1.807) is 4.90 Å². The van der Waals surface area contributed by atoms with E-state index in [0.29, 0.717) is 39.3 Å². The number of benzene rings is 1. The van der Waals surface area contributed by atoms with Crippen LogP contribution in [-0.2, 0) is 14.9 Å². The highest BCUT2D eigenvalue weighted by atomic mass is 16.5. The molecule has 0 spiro atoms. The zero-order chi connectivity index (χ0) is 17.9. The maximum atomic E-state index is 12.5. The van der Waals surface area contributed by atoms with E-state index in [2.05, 4.69) is 30.4 Å². The second kappa shape index (κ2) is 7.44. The summed E-state index contributed by atoms with van der Waals surface area (Å²) < 4.78 is 5.56. The Labute approximate surface area is 148 Å². The molecule has 0 aliphatic carbocycles. The van der Waals surface area contributed by atoms with Crippen LogP contribution in [-0.4, -0.2) is 49.7 Å². The first-order valence-electron chi connectivity index (χ1n) is 8.98. The van der Waals surface area contributed by atoms with Crippen LogP contribution in [0.25, 0.3) is 0 Å². The van der Waals surface area contributed by atoms with E-state index >= 15 is 0 Å². The van der Waals surface area contributed by atoms with Crippen LogP contribution in [0.5, 0.6) is 0 Å². The van der Waals surface area contributed by atoms with E-state index in [0.717, 1.165) is 12.8 Å². The number of ether oxygens (including phenoxy) is 1. The maximum Gasteiger partial charge on any atom is 0.317 e. The van der Waals surface area contributed by atoms with Crippen LogP contribution >= 0.6 is 0 Å². The monoisotopic (exact) mass is 345 g/mol. The first-order chi connectivity index (χ1) is 12.0. The van der Waals surface area contributed by atoms with Gasteiger partial charge in [-0.3, -0.25) is 4.79 Å². The molecule has 0 saturated carbocycles. The minimum absolute atomic E-state index is 0.0952. The normalized spacial score (nSPS) is 22.6. The molecule has 2 fully saturated rings. The van der Waals surface area contributed by atoms with E-state index in [1.165, 1.54) is 11.1 Å². The first kappa shape index (κ1) is 17.7. The summed E-state index contributed by atoms with van der Waals surface area (Å²) in [5, 5.41) is 3.10. The number of hydrogen-bond donors (Lipinski definition) is 2. The summed E-state index contributed by atoms with van der Waals surface area (Å²) >= 11 is 0. The number of nitrogens with zero attached hydrogens (tertiary/aromatic N) is 1. The predicted molar refractivity (Wildman–Crippen MR) is 95.2 cm³/mol. The molecule has 1 aromatic rings. The Balaban J connectivity index is 1.69. The van der Waals surface area contributed by atoms with Gasteiger partial charge in [0.1, 0.15) is 0 Å². The van der Waals surface area contributed by atoms with Gasteiger partial charge in [-0.25, -0.2) is 4.79 Å². The molecule has 2 aliphatic rings. The van der Waals surface area contributed by atoms with Gasteiger partial charge in [0.2, 0.25) is 5.91 Å². The van der Waals surface area contributed by atoms with Crippen LogP contribution in [0.4, 0.5) is 4.79 Å². The Hall–Kier alpha value is -2.08. The average molecular weight is 345 g/mol. The molecule has 3 rings (SSSR count). The minimum atomic E-state index is -0.323. The van der Waals surface area contributed by atoms with Crippen molar-refractivity contribution in [2.24, 2.45) is 11.7 Å². The van der Waals surface area contributed by atoms with Crippen molar-refractivity contribution in [2.75, 3.05) is 32.8 Å². The fourth-order valence-electron chi connectivity index (χ4n) is 4.00. The second-order valence-corrected chi connectivity index (χ2v) is 7.20.